The molecule has 37 heteroatoms. The van der Waals surface area contributed by atoms with Gasteiger partial charge >= 0.3 is 48.2 Å². The summed E-state index contributed by atoms with van der Waals surface area (Å²) in [5, 5.41) is 39.7. The number of imide groups is 2. The van der Waals surface area contributed by atoms with Crippen molar-refractivity contribution in [3.8, 4) is 0 Å². The first-order chi connectivity index (χ1) is 53.0. The van der Waals surface area contributed by atoms with E-state index in [2.05, 4.69) is 53.2 Å². The van der Waals surface area contributed by atoms with Crippen LogP contribution in [0.1, 0.15) is 144 Å². The minimum Gasteiger partial charge on any atom is -0.460 e. The lowest BCUT2D eigenvalue weighted by Gasteiger charge is -2.27. The van der Waals surface area contributed by atoms with E-state index in [4.69, 9.17) is 47.4 Å². The summed E-state index contributed by atoms with van der Waals surface area (Å²) in [5.41, 5.74) is -0.657. The highest BCUT2D eigenvalue weighted by molar-refractivity contribution is 5.96. The quantitative estimate of drug-likeness (QED) is 0.0167. The number of ether oxygens (including phenoxy) is 10. The molecule has 13 amide bonds. The third-order valence-electron chi connectivity index (χ3n) is 14.7. The molecule has 0 bridgehead atoms. The highest BCUT2D eigenvalue weighted by atomic mass is 16.6. The first-order valence-corrected chi connectivity index (χ1v) is 36.7. The van der Waals surface area contributed by atoms with Crippen LogP contribution in [0, 0.1) is 0 Å². The second-order valence-electron chi connectivity index (χ2n) is 28.1. The van der Waals surface area contributed by atoms with Crippen LogP contribution < -0.4 is 63.8 Å². The molecule has 0 heterocycles. The zero-order valence-corrected chi connectivity index (χ0v) is 65.3. The lowest BCUT2D eigenvalue weighted by molar-refractivity contribution is -0.149. The van der Waals surface area contributed by atoms with Crippen LogP contribution in [0.2, 0.25) is 0 Å². The SMILES string of the molecule is CCOC(COCC(=O)NCCCCC(NC(=O)NC(=O)OC(C)(C)C)C(=O)NCC(=O)OCc1ccccc1)C(COCC(=O)NCCCCC(NC(O)NC(=O)OC(C)(C)C)C(=O)NCC(=O)OCc1ccccc1)OCC(=O)NCCCCC(NC(=O)NC(=O)OC(C)(C)C)C(=O)NCC(=O)OCc1ccccc1. The van der Waals surface area contributed by atoms with Gasteiger partial charge in [-0.1, -0.05) is 91.0 Å². The van der Waals surface area contributed by atoms with Gasteiger partial charge in [-0.25, -0.2) is 34.6 Å². The van der Waals surface area contributed by atoms with E-state index in [-0.39, 0.29) is 117 Å². The van der Waals surface area contributed by atoms with E-state index in [1.807, 2.05) is 10.6 Å². The number of alkyl carbamates (subject to hydrolysis) is 3. The van der Waals surface area contributed by atoms with Crippen molar-refractivity contribution in [1.29, 1.82) is 0 Å². The summed E-state index contributed by atoms with van der Waals surface area (Å²) in [7, 11) is 0. The van der Waals surface area contributed by atoms with Gasteiger partial charge in [0, 0.05) is 26.2 Å². The van der Waals surface area contributed by atoms with E-state index in [1.165, 1.54) is 0 Å². The molecule has 0 spiro atoms. The molecule has 3 aromatic carbocycles. The van der Waals surface area contributed by atoms with Crippen LogP contribution in [-0.2, 0) is 110 Å². The predicted octanol–water partition coefficient (Wildman–Crippen LogP) is 3.21. The summed E-state index contributed by atoms with van der Waals surface area (Å²) in [6.07, 6.45) is -5.60. The second kappa shape index (κ2) is 52.5. The number of carbonyl (C=O) groups excluding carboxylic acids is 14. The number of carbonyl (C=O) groups is 14. The molecule has 37 nitrogen and oxygen atoms in total. The minimum atomic E-state index is -1.76. The van der Waals surface area contributed by atoms with Crippen molar-refractivity contribution in [3.05, 3.63) is 108 Å². The fraction of sp³-hybridized carbons (Fsp3) is 0.573. The number of hydrogen-bond donors (Lipinski definition) is 13. The van der Waals surface area contributed by atoms with Gasteiger partial charge in [-0.2, -0.15) is 0 Å². The van der Waals surface area contributed by atoms with E-state index in [0.29, 0.717) is 11.1 Å². The molecule has 6 atom stereocenters. The highest BCUT2D eigenvalue weighted by Crippen LogP contribution is 2.13. The number of aliphatic hydroxyl groups excluding tert-OH is 1. The average molecular weight is 1580 g/mol. The Morgan fingerprint density at radius 3 is 1.05 bits per heavy atom. The van der Waals surface area contributed by atoms with Crippen molar-refractivity contribution < 1.29 is 120 Å². The van der Waals surface area contributed by atoms with Gasteiger partial charge in [0.25, 0.3) is 0 Å². The van der Waals surface area contributed by atoms with Gasteiger partial charge in [0.15, 0.2) is 6.35 Å². The summed E-state index contributed by atoms with van der Waals surface area (Å²) in [6, 6.07) is 20.7. The molecule has 0 radical (unpaired) electrons. The van der Waals surface area contributed by atoms with E-state index < -0.39 is 177 Å². The smallest absolute Gasteiger partial charge is 0.415 e. The second-order valence-corrected chi connectivity index (χ2v) is 28.1. The number of benzene rings is 3. The van der Waals surface area contributed by atoms with Crippen LogP contribution in [0.3, 0.4) is 0 Å². The maximum Gasteiger partial charge on any atom is 0.415 e. The van der Waals surface area contributed by atoms with Gasteiger partial charge in [-0.05, 0) is 144 Å². The molecule has 622 valence electrons. The molecule has 0 aliphatic rings. The molecule has 0 saturated heterocycles. The van der Waals surface area contributed by atoms with Crippen molar-refractivity contribution in [3.63, 3.8) is 0 Å². The van der Waals surface area contributed by atoms with Gasteiger partial charge < -0.3 is 95.0 Å². The Balaban J connectivity index is 1.67. The summed E-state index contributed by atoms with van der Waals surface area (Å²) < 4.78 is 54.8. The predicted molar refractivity (Wildman–Crippen MR) is 401 cm³/mol. The van der Waals surface area contributed by atoms with E-state index in [0.717, 1.165) is 5.56 Å². The molecule has 0 aliphatic carbocycles. The summed E-state index contributed by atoms with van der Waals surface area (Å²) in [4.78, 5) is 180. The molecule has 0 aromatic heterocycles. The summed E-state index contributed by atoms with van der Waals surface area (Å²) in [6.45, 7) is 12.2. The summed E-state index contributed by atoms with van der Waals surface area (Å²) >= 11 is 0. The largest absolute Gasteiger partial charge is 0.460 e. The normalized spacial score (nSPS) is 12.8. The molecular formula is C75H112N12O25. The van der Waals surface area contributed by atoms with Gasteiger partial charge in [-0.3, -0.25) is 53.8 Å². The van der Waals surface area contributed by atoms with E-state index in [9.17, 15) is 72.2 Å². The van der Waals surface area contributed by atoms with Crippen LogP contribution in [0.4, 0.5) is 24.0 Å². The molecule has 0 saturated carbocycles. The lowest BCUT2D eigenvalue weighted by atomic mass is 10.1. The Hall–Kier alpha value is -10.6. The Morgan fingerprint density at radius 1 is 0.384 bits per heavy atom. The number of unbranched alkanes of at least 4 members (excludes halogenated alkanes) is 3. The minimum absolute atomic E-state index is 0.0133. The number of esters is 3. The van der Waals surface area contributed by atoms with Crippen LogP contribution in [0.25, 0.3) is 0 Å². The average Bonchev–Trinajstić information content (AvgIpc) is 0.913. The Bertz CT molecular complexity index is 3430. The molecule has 0 aliphatic heterocycles. The van der Waals surface area contributed by atoms with Crippen LogP contribution >= 0.6 is 0 Å². The van der Waals surface area contributed by atoms with Crippen molar-refractivity contribution in [1.82, 2.24) is 63.8 Å². The standard InChI is InChI=1S/C75H112N12O25/c1-11-105-56(45-103-47-58(88)76-36-24-21-33-53(82-67(97)85-70(100)110-73(2,3)4)64(94)79-39-61(91)107-42-50-27-15-12-16-28-50)57(106-49-60(90)78-38-26-23-35-55(84-69(99)87-72(102)112-75(8,9)10)66(96)81-41-63(93)109-44-52-31-19-14-20-32-52)46-104-48-59(89)77-37-25-22-34-54(83-68(98)86-71(101)111-74(5,6)7)65(95)80-40-62(92)108-43-51-29-17-13-18-30-51/h12-20,27-32,53-57,68,83,98H,11,21-26,33-49H2,1-10H3,(H,76,88)(H,77,89)(H,78,90)(H,79,94)(H,80,95)(H,81,96)(H,86,101)(H2,82,85,97,100)(H2,84,87,99,102). The summed E-state index contributed by atoms with van der Waals surface area (Å²) in [5.74, 6) is -6.31. The molecule has 3 rings (SSSR count). The highest BCUT2D eigenvalue weighted by Gasteiger charge is 2.30. The molecule has 6 unspecified atom stereocenters. The number of hydrogen-bond acceptors (Lipinski definition) is 26. The number of rotatable bonds is 49. The molecule has 3 aromatic rings. The number of nitrogens with one attached hydrogen (secondary N) is 12. The van der Waals surface area contributed by atoms with Gasteiger partial charge in [0.2, 0.25) is 35.4 Å². The molecule has 13 N–H and O–H groups in total. The number of amides is 13. The Kier molecular flexibility index (Phi) is 44.9. The van der Waals surface area contributed by atoms with Gasteiger partial charge in [-0.15, -0.1) is 0 Å². The first kappa shape index (κ1) is 95.6. The third-order valence-corrected chi connectivity index (χ3v) is 14.7. The van der Waals surface area contributed by atoms with Crippen LogP contribution in [0.5, 0.6) is 0 Å². The topological polar surface area (TPSA) is 496 Å². The maximum absolute atomic E-state index is 13.4. The molecule has 0 fully saturated rings. The van der Waals surface area contributed by atoms with Crippen molar-refractivity contribution in [2.45, 2.75) is 200 Å². The maximum atomic E-state index is 13.4. The van der Waals surface area contributed by atoms with Crippen molar-refractivity contribution >= 4 is 83.7 Å². The Labute approximate surface area is 651 Å². The zero-order valence-electron chi connectivity index (χ0n) is 65.3. The number of urea groups is 2. The third kappa shape index (κ3) is 47.5. The van der Waals surface area contributed by atoms with Crippen molar-refractivity contribution in [2.24, 2.45) is 0 Å². The number of aliphatic hydroxyl groups is 1. The Morgan fingerprint density at radius 2 is 0.705 bits per heavy atom. The van der Waals surface area contributed by atoms with Gasteiger partial charge in [0.05, 0.1) is 19.3 Å². The van der Waals surface area contributed by atoms with Crippen LogP contribution in [-0.4, -0.2) is 221 Å². The molecular weight excluding hydrogens is 1470 g/mol. The first-order valence-electron chi connectivity index (χ1n) is 36.7. The molecule has 112 heavy (non-hydrogen) atoms. The monoisotopic (exact) mass is 1580 g/mol. The fourth-order valence-corrected chi connectivity index (χ4v) is 9.59. The van der Waals surface area contributed by atoms with E-state index >= 15 is 0 Å². The van der Waals surface area contributed by atoms with Crippen molar-refractivity contribution in [2.75, 3.05) is 78.9 Å². The fourth-order valence-electron chi connectivity index (χ4n) is 9.59. The van der Waals surface area contributed by atoms with E-state index in [1.54, 1.807) is 160 Å². The lowest BCUT2D eigenvalue weighted by Crippen LogP contribution is -2.55. The van der Waals surface area contributed by atoms with Gasteiger partial charge in [0.1, 0.15) is 100 Å². The van der Waals surface area contributed by atoms with Crippen LogP contribution in [0.15, 0.2) is 91.0 Å². The zero-order chi connectivity index (χ0) is 82.9.